The van der Waals surface area contributed by atoms with E-state index in [4.69, 9.17) is 4.74 Å². The number of pyridine rings is 1. The van der Waals surface area contributed by atoms with Crippen LogP contribution in [0.5, 0.6) is 0 Å². The van der Waals surface area contributed by atoms with Crippen molar-refractivity contribution in [1.82, 2.24) is 24.5 Å². The molecular weight excluding hydrogens is 318 g/mol. The Morgan fingerprint density at radius 1 is 1.28 bits per heavy atom. The molecule has 1 aliphatic rings. The standard InChI is InChI=1S/C18H27N5O2/c1-15(14-25-2)19-18(24)13-22-9-7-21(8-10-22)11-16-12-23-6-4-3-5-17(23)20-16/h3-6,12,15H,7-11,13-14H2,1-2H3,(H,19,24)/t15-/m1/s1. The molecular formula is C18H27N5O2. The Morgan fingerprint density at radius 2 is 2.04 bits per heavy atom. The van der Waals surface area contributed by atoms with Crippen LogP contribution in [-0.2, 0) is 16.1 Å². The molecule has 3 rings (SSSR count). The number of fused-ring (bicyclic) bond motifs is 1. The van der Waals surface area contributed by atoms with Crippen molar-refractivity contribution >= 4 is 11.6 Å². The summed E-state index contributed by atoms with van der Waals surface area (Å²) < 4.78 is 7.10. The molecule has 3 heterocycles. The van der Waals surface area contributed by atoms with Crippen molar-refractivity contribution in [3.8, 4) is 0 Å². The van der Waals surface area contributed by atoms with E-state index >= 15 is 0 Å². The second-order valence-electron chi connectivity index (χ2n) is 6.67. The van der Waals surface area contributed by atoms with Gasteiger partial charge in [0.2, 0.25) is 5.91 Å². The van der Waals surface area contributed by atoms with Crippen molar-refractivity contribution in [2.75, 3.05) is 46.4 Å². The number of hydrogen-bond acceptors (Lipinski definition) is 5. The first-order valence-electron chi connectivity index (χ1n) is 8.79. The Kier molecular flexibility index (Phi) is 6.01. The maximum atomic E-state index is 12.0. The van der Waals surface area contributed by atoms with E-state index in [2.05, 4.69) is 30.7 Å². The Hall–Kier alpha value is -1.96. The van der Waals surface area contributed by atoms with Gasteiger partial charge in [-0.05, 0) is 19.1 Å². The molecule has 0 spiro atoms. The van der Waals surface area contributed by atoms with Gasteiger partial charge < -0.3 is 14.5 Å². The quantitative estimate of drug-likeness (QED) is 0.796. The van der Waals surface area contributed by atoms with Crippen LogP contribution in [0.4, 0.5) is 0 Å². The number of imidazole rings is 1. The average Bonchev–Trinajstić information content (AvgIpc) is 2.99. The number of piperazine rings is 1. The molecule has 25 heavy (non-hydrogen) atoms. The van der Waals surface area contributed by atoms with E-state index in [-0.39, 0.29) is 11.9 Å². The van der Waals surface area contributed by atoms with Crippen molar-refractivity contribution < 1.29 is 9.53 Å². The number of amides is 1. The van der Waals surface area contributed by atoms with Crippen LogP contribution in [-0.4, -0.2) is 77.6 Å². The van der Waals surface area contributed by atoms with Crippen LogP contribution in [0.2, 0.25) is 0 Å². The molecule has 0 bridgehead atoms. The van der Waals surface area contributed by atoms with E-state index in [1.807, 2.05) is 31.3 Å². The molecule has 0 saturated carbocycles. The second kappa shape index (κ2) is 8.42. The SMILES string of the molecule is COC[C@@H](C)NC(=O)CN1CCN(Cc2cn3ccccc3n2)CC1. The number of carbonyl (C=O) groups is 1. The molecule has 1 fully saturated rings. The van der Waals surface area contributed by atoms with Gasteiger partial charge in [-0.25, -0.2) is 4.98 Å². The van der Waals surface area contributed by atoms with Crippen molar-refractivity contribution in [2.45, 2.75) is 19.5 Å². The fourth-order valence-electron chi connectivity index (χ4n) is 3.21. The Balaban J connectivity index is 1.43. The largest absolute Gasteiger partial charge is 0.383 e. The van der Waals surface area contributed by atoms with Crippen LogP contribution in [0, 0.1) is 0 Å². The molecule has 0 aliphatic carbocycles. The van der Waals surface area contributed by atoms with Crippen LogP contribution in [0.25, 0.3) is 5.65 Å². The van der Waals surface area contributed by atoms with Crippen molar-refractivity contribution in [1.29, 1.82) is 0 Å². The third-order valence-corrected chi connectivity index (χ3v) is 4.46. The molecule has 0 radical (unpaired) electrons. The minimum atomic E-state index is 0.0498. The summed E-state index contributed by atoms with van der Waals surface area (Å²) in [7, 11) is 1.64. The van der Waals surface area contributed by atoms with Gasteiger partial charge in [0.25, 0.3) is 0 Å². The van der Waals surface area contributed by atoms with E-state index in [0.717, 1.165) is 44.1 Å². The first kappa shape index (κ1) is 17.8. The zero-order valence-corrected chi connectivity index (χ0v) is 15.0. The summed E-state index contributed by atoms with van der Waals surface area (Å²) in [6.07, 6.45) is 4.11. The van der Waals surface area contributed by atoms with Gasteiger partial charge in [-0.3, -0.25) is 14.6 Å². The molecule has 2 aromatic rings. The Labute approximate surface area is 148 Å². The molecule has 1 N–H and O–H groups in total. The van der Waals surface area contributed by atoms with Gasteiger partial charge in [-0.15, -0.1) is 0 Å². The summed E-state index contributed by atoms with van der Waals surface area (Å²) in [5.41, 5.74) is 2.07. The summed E-state index contributed by atoms with van der Waals surface area (Å²) in [5, 5.41) is 2.96. The number of methoxy groups -OCH3 is 1. The highest BCUT2D eigenvalue weighted by atomic mass is 16.5. The molecule has 0 aromatic carbocycles. The maximum Gasteiger partial charge on any atom is 0.234 e. The summed E-state index contributed by atoms with van der Waals surface area (Å²) >= 11 is 0. The lowest BCUT2D eigenvalue weighted by atomic mass is 10.3. The lowest BCUT2D eigenvalue weighted by Crippen LogP contribution is -2.50. The zero-order valence-electron chi connectivity index (χ0n) is 15.0. The minimum absolute atomic E-state index is 0.0498. The molecule has 1 amide bonds. The predicted molar refractivity (Wildman–Crippen MR) is 96.4 cm³/mol. The van der Waals surface area contributed by atoms with Crippen LogP contribution in [0.3, 0.4) is 0 Å². The lowest BCUT2D eigenvalue weighted by Gasteiger charge is -2.34. The number of aromatic nitrogens is 2. The van der Waals surface area contributed by atoms with Gasteiger partial charge in [0.1, 0.15) is 5.65 Å². The Morgan fingerprint density at radius 3 is 2.76 bits per heavy atom. The number of rotatable bonds is 7. The van der Waals surface area contributed by atoms with Gasteiger partial charge in [-0.1, -0.05) is 6.07 Å². The topological polar surface area (TPSA) is 62.1 Å². The van der Waals surface area contributed by atoms with Crippen LogP contribution in [0.15, 0.2) is 30.6 Å². The van der Waals surface area contributed by atoms with E-state index in [0.29, 0.717) is 13.2 Å². The number of hydrogen-bond donors (Lipinski definition) is 1. The summed E-state index contributed by atoms with van der Waals surface area (Å²) in [6.45, 7) is 7.51. The second-order valence-corrected chi connectivity index (χ2v) is 6.67. The smallest absolute Gasteiger partial charge is 0.234 e. The Bertz CT molecular complexity index is 661. The van der Waals surface area contributed by atoms with Crippen LogP contribution >= 0.6 is 0 Å². The maximum absolute atomic E-state index is 12.0. The molecule has 1 aliphatic heterocycles. The lowest BCUT2D eigenvalue weighted by molar-refractivity contribution is -0.123. The van der Waals surface area contributed by atoms with Crippen molar-refractivity contribution in [2.24, 2.45) is 0 Å². The van der Waals surface area contributed by atoms with Crippen molar-refractivity contribution in [3.05, 3.63) is 36.3 Å². The normalized spacial score (nSPS) is 17.7. The molecule has 0 unspecified atom stereocenters. The van der Waals surface area contributed by atoms with Crippen LogP contribution < -0.4 is 5.32 Å². The predicted octanol–water partition coefficient (Wildman–Crippen LogP) is 0.603. The van der Waals surface area contributed by atoms with Gasteiger partial charge in [0.15, 0.2) is 0 Å². The number of ether oxygens (including phenoxy) is 1. The fraction of sp³-hybridized carbons (Fsp3) is 0.556. The van der Waals surface area contributed by atoms with E-state index in [1.54, 1.807) is 7.11 Å². The van der Waals surface area contributed by atoms with Gasteiger partial charge in [0.05, 0.1) is 18.8 Å². The number of nitrogens with one attached hydrogen (secondary N) is 1. The van der Waals surface area contributed by atoms with E-state index in [1.165, 1.54) is 0 Å². The highest BCUT2D eigenvalue weighted by Gasteiger charge is 2.20. The highest BCUT2D eigenvalue weighted by Crippen LogP contribution is 2.10. The van der Waals surface area contributed by atoms with Gasteiger partial charge in [0, 0.05) is 58.3 Å². The van der Waals surface area contributed by atoms with E-state index in [9.17, 15) is 4.79 Å². The van der Waals surface area contributed by atoms with Gasteiger partial charge >= 0.3 is 0 Å². The third-order valence-electron chi connectivity index (χ3n) is 4.46. The van der Waals surface area contributed by atoms with Crippen molar-refractivity contribution in [3.63, 3.8) is 0 Å². The van der Waals surface area contributed by atoms with E-state index < -0.39 is 0 Å². The summed E-state index contributed by atoms with van der Waals surface area (Å²) in [4.78, 5) is 21.3. The summed E-state index contributed by atoms with van der Waals surface area (Å²) in [5.74, 6) is 0.0679. The van der Waals surface area contributed by atoms with Crippen LogP contribution in [0.1, 0.15) is 12.6 Å². The third kappa shape index (κ3) is 5.01. The molecule has 7 heteroatoms. The number of nitrogens with zero attached hydrogens (tertiary/aromatic N) is 4. The number of carbonyl (C=O) groups excluding carboxylic acids is 1. The van der Waals surface area contributed by atoms with Gasteiger partial charge in [-0.2, -0.15) is 0 Å². The molecule has 1 atom stereocenters. The molecule has 1 saturated heterocycles. The first-order valence-corrected chi connectivity index (χ1v) is 8.79. The average molecular weight is 345 g/mol. The molecule has 2 aromatic heterocycles. The zero-order chi connectivity index (χ0) is 17.6. The summed E-state index contributed by atoms with van der Waals surface area (Å²) in [6, 6.07) is 6.08. The first-order chi connectivity index (χ1) is 12.1. The minimum Gasteiger partial charge on any atom is -0.383 e. The molecule has 136 valence electrons. The molecule has 7 nitrogen and oxygen atoms in total. The fourth-order valence-corrected chi connectivity index (χ4v) is 3.21. The highest BCUT2D eigenvalue weighted by molar-refractivity contribution is 5.78. The monoisotopic (exact) mass is 345 g/mol.